The predicted molar refractivity (Wildman–Crippen MR) is 70.4 cm³/mol. The number of rotatable bonds is 6. The molecule has 0 radical (unpaired) electrons. The Balaban J connectivity index is 2.83. The van der Waals surface area contributed by atoms with Gasteiger partial charge in [-0.3, -0.25) is 4.79 Å². The van der Waals surface area contributed by atoms with Crippen molar-refractivity contribution in [3.8, 4) is 5.75 Å². The first-order valence-corrected chi connectivity index (χ1v) is 6.40. The van der Waals surface area contributed by atoms with Crippen LogP contribution in [0.4, 0.5) is 0 Å². The fourth-order valence-corrected chi connectivity index (χ4v) is 2.26. The Morgan fingerprint density at radius 2 is 2.06 bits per heavy atom. The molecule has 1 unspecified atom stereocenters. The van der Waals surface area contributed by atoms with Crippen LogP contribution in [0.3, 0.4) is 0 Å². The Morgan fingerprint density at radius 3 is 2.59 bits per heavy atom. The number of aryl methyl sites for hydroxylation is 1. The van der Waals surface area contributed by atoms with Crippen LogP contribution in [0, 0.1) is 6.92 Å². The number of carbonyl (C=O) groups is 1. The molecule has 0 aliphatic rings. The summed E-state index contributed by atoms with van der Waals surface area (Å²) >= 11 is 0. The van der Waals surface area contributed by atoms with Crippen LogP contribution < -0.4 is 0 Å². The van der Waals surface area contributed by atoms with E-state index in [0.717, 1.165) is 24.0 Å². The lowest BCUT2D eigenvalue weighted by atomic mass is 9.87. The third kappa shape index (κ3) is 3.58. The van der Waals surface area contributed by atoms with Crippen LogP contribution in [0.2, 0.25) is 0 Å². The molecule has 0 fully saturated rings. The van der Waals surface area contributed by atoms with Gasteiger partial charge >= 0.3 is 0 Å². The van der Waals surface area contributed by atoms with Gasteiger partial charge in [-0.15, -0.1) is 0 Å². The molecular formula is C15H22O2. The van der Waals surface area contributed by atoms with E-state index in [9.17, 15) is 9.90 Å². The fourth-order valence-electron chi connectivity index (χ4n) is 2.26. The summed E-state index contributed by atoms with van der Waals surface area (Å²) in [6, 6.07) is 5.60. The Morgan fingerprint density at radius 1 is 1.35 bits per heavy atom. The smallest absolute Gasteiger partial charge is 0.132 e. The minimum Gasteiger partial charge on any atom is -0.508 e. The Kier molecular flexibility index (Phi) is 5.20. The standard InChI is InChI=1S/C15H22O2/c1-4-12(9-10-13(16)5-2)15-11(3)7-6-8-14(15)17/h6-8,12,17H,4-5,9-10H2,1-3H3. The molecule has 0 saturated heterocycles. The first-order chi connectivity index (χ1) is 8.10. The largest absolute Gasteiger partial charge is 0.508 e. The van der Waals surface area contributed by atoms with E-state index in [1.54, 1.807) is 6.07 Å². The average Bonchev–Trinajstić information content (AvgIpc) is 2.32. The summed E-state index contributed by atoms with van der Waals surface area (Å²) in [5.41, 5.74) is 2.12. The van der Waals surface area contributed by atoms with E-state index in [2.05, 4.69) is 6.92 Å². The number of hydrogen-bond donors (Lipinski definition) is 1. The van der Waals surface area contributed by atoms with Crippen molar-refractivity contribution >= 4 is 5.78 Å². The number of Topliss-reactive ketones (excluding diaryl/α,β-unsaturated/α-hetero) is 1. The zero-order chi connectivity index (χ0) is 12.8. The molecule has 0 aliphatic heterocycles. The van der Waals surface area contributed by atoms with Crippen molar-refractivity contribution in [3.63, 3.8) is 0 Å². The SMILES string of the molecule is CCC(=O)CCC(CC)c1c(C)cccc1O. The third-order valence-electron chi connectivity index (χ3n) is 3.37. The first-order valence-electron chi connectivity index (χ1n) is 6.40. The minimum absolute atomic E-state index is 0.284. The van der Waals surface area contributed by atoms with Gasteiger partial charge in [-0.25, -0.2) is 0 Å². The van der Waals surface area contributed by atoms with Crippen molar-refractivity contribution in [1.29, 1.82) is 0 Å². The number of carbonyl (C=O) groups excluding carboxylic acids is 1. The molecule has 2 nitrogen and oxygen atoms in total. The van der Waals surface area contributed by atoms with Crippen LogP contribution in [0.25, 0.3) is 0 Å². The molecule has 0 aromatic heterocycles. The van der Waals surface area contributed by atoms with Gasteiger partial charge in [0.25, 0.3) is 0 Å². The van der Waals surface area contributed by atoms with Crippen molar-refractivity contribution in [1.82, 2.24) is 0 Å². The van der Waals surface area contributed by atoms with E-state index in [-0.39, 0.29) is 5.92 Å². The highest BCUT2D eigenvalue weighted by atomic mass is 16.3. The van der Waals surface area contributed by atoms with Crippen molar-refractivity contribution in [2.24, 2.45) is 0 Å². The number of ketones is 1. The predicted octanol–water partition coefficient (Wildman–Crippen LogP) is 3.95. The lowest BCUT2D eigenvalue weighted by Gasteiger charge is -2.18. The Hall–Kier alpha value is -1.31. The molecule has 1 N–H and O–H groups in total. The molecule has 1 rings (SSSR count). The molecule has 94 valence electrons. The lowest BCUT2D eigenvalue weighted by molar-refractivity contribution is -0.118. The van der Waals surface area contributed by atoms with Crippen LogP contribution in [-0.2, 0) is 4.79 Å². The van der Waals surface area contributed by atoms with Gasteiger partial charge in [-0.05, 0) is 42.9 Å². The third-order valence-corrected chi connectivity index (χ3v) is 3.37. The molecule has 1 aromatic carbocycles. The zero-order valence-electron chi connectivity index (χ0n) is 11.0. The summed E-state index contributed by atoms with van der Waals surface area (Å²) in [7, 11) is 0. The first kappa shape index (κ1) is 13.8. The minimum atomic E-state index is 0.284. The van der Waals surface area contributed by atoms with Gasteiger partial charge in [-0.2, -0.15) is 0 Å². The Bertz CT molecular complexity index is 362. The monoisotopic (exact) mass is 234 g/mol. The van der Waals surface area contributed by atoms with Gasteiger partial charge in [0.2, 0.25) is 0 Å². The van der Waals surface area contributed by atoms with Crippen molar-refractivity contribution in [2.45, 2.75) is 52.4 Å². The van der Waals surface area contributed by atoms with Crippen molar-refractivity contribution in [3.05, 3.63) is 29.3 Å². The van der Waals surface area contributed by atoms with E-state index in [1.165, 1.54) is 0 Å². The van der Waals surface area contributed by atoms with Crippen LogP contribution in [0.5, 0.6) is 5.75 Å². The number of phenols is 1. The maximum atomic E-state index is 11.4. The number of phenolic OH excluding ortho intramolecular Hbond substituents is 1. The molecule has 0 aliphatic carbocycles. The average molecular weight is 234 g/mol. The molecule has 17 heavy (non-hydrogen) atoms. The maximum Gasteiger partial charge on any atom is 0.132 e. The van der Waals surface area contributed by atoms with Crippen LogP contribution >= 0.6 is 0 Å². The van der Waals surface area contributed by atoms with Gasteiger partial charge in [0, 0.05) is 12.8 Å². The normalized spacial score (nSPS) is 12.4. The highest BCUT2D eigenvalue weighted by Gasteiger charge is 2.16. The zero-order valence-corrected chi connectivity index (χ0v) is 11.0. The molecule has 2 heteroatoms. The molecule has 0 heterocycles. The molecule has 0 amide bonds. The summed E-state index contributed by atoms with van der Waals surface area (Å²) < 4.78 is 0. The summed E-state index contributed by atoms with van der Waals surface area (Å²) in [5.74, 6) is 0.948. The second-order valence-corrected chi connectivity index (χ2v) is 4.54. The number of hydrogen-bond acceptors (Lipinski definition) is 2. The second kappa shape index (κ2) is 6.43. The van der Waals surface area contributed by atoms with Gasteiger partial charge in [0.05, 0.1) is 0 Å². The quantitative estimate of drug-likeness (QED) is 0.809. The Labute approximate surface area is 104 Å². The van der Waals surface area contributed by atoms with E-state index >= 15 is 0 Å². The summed E-state index contributed by atoms with van der Waals surface area (Å²) in [5, 5.41) is 9.93. The summed E-state index contributed by atoms with van der Waals surface area (Å²) in [6.45, 7) is 6.01. The molecule has 0 spiro atoms. The van der Waals surface area contributed by atoms with Crippen LogP contribution in [0.1, 0.15) is 56.6 Å². The van der Waals surface area contributed by atoms with E-state index in [4.69, 9.17) is 0 Å². The van der Waals surface area contributed by atoms with E-state index < -0.39 is 0 Å². The molecular weight excluding hydrogens is 212 g/mol. The molecule has 0 saturated carbocycles. The molecule has 1 atom stereocenters. The van der Waals surface area contributed by atoms with Crippen LogP contribution in [0.15, 0.2) is 18.2 Å². The fraction of sp³-hybridized carbons (Fsp3) is 0.533. The topological polar surface area (TPSA) is 37.3 Å². The van der Waals surface area contributed by atoms with Gasteiger partial charge in [0.15, 0.2) is 0 Å². The van der Waals surface area contributed by atoms with Gasteiger partial charge < -0.3 is 5.11 Å². The number of benzene rings is 1. The second-order valence-electron chi connectivity index (χ2n) is 4.54. The highest BCUT2D eigenvalue weighted by Crippen LogP contribution is 2.34. The summed E-state index contributed by atoms with van der Waals surface area (Å²) in [6.07, 6.45) is 3.01. The van der Waals surface area contributed by atoms with Crippen molar-refractivity contribution in [2.75, 3.05) is 0 Å². The highest BCUT2D eigenvalue weighted by molar-refractivity contribution is 5.78. The van der Waals surface area contributed by atoms with E-state index in [0.29, 0.717) is 24.4 Å². The van der Waals surface area contributed by atoms with E-state index in [1.807, 2.05) is 26.0 Å². The maximum absolute atomic E-state index is 11.4. The lowest BCUT2D eigenvalue weighted by Crippen LogP contribution is -2.04. The molecule has 0 bridgehead atoms. The summed E-state index contributed by atoms with van der Waals surface area (Å²) in [4.78, 5) is 11.4. The number of aromatic hydroxyl groups is 1. The molecule has 1 aromatic rings. The van der Waals surface area contributed by atoms with Crippen molar-refractivity contribution < 1.29 is 9.90 Å². The van der Waals surface area contributed by atoms with Gasteiger partial charge in [0.1, 0.15) is 11.5 Å². The van der Waals surface area contributed by atoms with Crippen LogP contribution in [-0.4, -0.2) is 10.9 Å². The van der Waals surface area contributed by atoms with Gasteiger partial charge in [-0.1, -0.05) is 26.0 Å².